The number of carbonyl (C=O) groups excluding carboxylic acids is 2. The molecule has 4 heteroatoms. The highest BCUT2D eigenvalue weighted by atomic mass is 32.1. The zero-order chi connectivity index (χ0) is 11.7. The number of hydrogen-bond donors (Lipinski definition) is 0. The Balaban J connectivity index is 2.66. The van der Waals surface area contributed by atoms with Crippen molar-refractivity contribution in [1.29, 1.82) is 0 Å². The number of carbonyl (C=O) groups is 2. The molecule has 1 amide bonds. The van der Waals surface area contributed by atoms with E-state index in [0.29, 0.717) is 11.1 Å². The molecule has 82 valence electrons. The van der Waals surface area contributed by atoms with Crippen LogP contribution in [0.15, 0.2) is 23.6 Å². The quantitative estimate of drug-likeness (QED) is 0.747. The molecule has 2 rings (SSSR count). The van der Waals surface area contributed by atoms with Crippen LogP contribution in [0.1, 0.15) is 20.7 Å². The highest BCUT2D eigenvalue weighted by Gasteiger charge is 2.14. The van der Waals surface area contributed by atoms with Crippen LogP contribution in [0, 0.1) is 0 Å². The molecule has 2 aromatic rings. The van der Waals surface area contributed by atoms with Crippen LogP contribution in [0.3, 0.4) is 0 Å². The summed E-state index contributed by atoms with van der Waals surface area (Å²) in [7, 11) is 3.35. The van der Waals surface area contributed by atoms with Crippen LogP contribution in [0.25, 0.3) is 10.1 Å². The van der Waals surface area contributed by atoms with Crippen LogP contribution < -0.4 is 0 Å². The first-order valence-corrected chi connectivity index (χ1v) is 5.69. The molecule has 0 fully saturated rings. The maximum atomic E-state index is 11.9. The van der Waals surface area contributed by atoms with Crippen LogP contribution in [-0.4, -0.2) is 31.2 Å². The summed E-state index contributed by atoms with van der Waals surface area (Å²) in [5.41, 5.74) is 0.916. The summed E-state index contributed by atoms with van der Waals surface area (Å²) in [6, 6.07) is 5.48. The predicted molar refractivity (Wildman–Crippen MR) is 65.2 cm³/mol. The Labute approximate surface area is 97.3 Å². The number of amides is 1. The average Bonchev–Trinajstić information content (AvgIpc) is 2.72. The van der Waals surface area contributed by atoms with Gasteiger partial charge in [0.1, 0.15) is 0 Å². The number of benzene rings is 1. The Hall–Kier alpha value is -1.68. The Morgan fingerprint density at radius 1 is 1.38 bits per heavy atom. The van der Waals surface area contributed by atoms with Crippen molar-refractivity contribution in [3.63, 3.8) is 0 Å². The van der Waals surface area contributed by atoms with Gasteiger partial charge in [0.25, 0.3) is 5.91 Å². The van der Waals surface area contributed by atoms with Crippen LogP contribution >= 0.6 is 11.3 Å². The third kappa shape index (κ3) is 1.72. The van der Waals surface area contributed by atoms with Crippen LogP contribution in [0.2, 0.25) is 0 Å². The lowest BCUT2D eigenvalue weighted by Gasteiger charge is -2.11. The second-order valence-corrected chi connectivity index (χ2v) is 4.66. The molecule has 0 spiro atoms. The molecule has 0 unspecified atom stereocenters. The van der Waals surface area contributed by atoms with Crippen LogP contribution in [-0.2, 0) is 0 Å². The first-order valence-electron chi connectivity index (χ1n) is 4.81. The summed E-state index contributed by atoms with van der Waals surface area (Å²) >= 11 is 1.56. The molecule has 1 aromatic carbocycles. The molecule has 0 saturated carbocycles. The molecule has 0 N–H and O–H groups in total. The Morgan fingerprint density at radius 2 is 2.12 bits per heavy atom. The van der Waals surface area contributed by atoms with E-state index >= 15 is 0 Å². The maximum absolute atomic E-state index is 11.9. The molecule has 1 aromatic heterocycles. The zero-order valence-electron chi connectivity index (χ0n) is 9.06. The standard InChI is InChI=1S/C12H11NO2S/c1-13(2)12(15)10-6-11-8(3-4-16-11)5-9(10)7-14/h3-7H,1-2H3. The Bertz CT molecular complexity index is 557. The highest BCUT2D eigenvalue weighted by Crippen LogP contribution is 2.24. The minimum Gasteiger partial charge on any atom is -0.345 e. The second kappa shape index (κ2) is 4.06. The van der Waals surface area contributed by atoms with Gasteiger partial charge in [0.15, 0.2) is 6.29 Å². The summed E-state index contributed by atoms with van der Waals surface area (Å²) in [5, 5.41) is 2.95. The predicted octanol–water partition coefficient (Wildman–Crippen LogP) is 2.42. The summed E-state index contributed by atoms with van der Waals surface area (Å²) < 4.78 is 1.02. The summed E-state index contributed by atoms with van der Waals surface area (Å²) in [6.45, 7) is 0. The van der Waals surface area contributed by atoms with E-state index in [-0.39, 0.29) is 5.91 Å². The van der Waals surface area contributed by atoms with Gasteiger partial charge >= 0.3 is 0 Å². The minimum absolute atomic E-state index is 0.141. The maximum Gasteiger partial charge on any atom is 0.254 e. The third-order valence-corrected chi connectivity index (χ3v) is 3.27. The molecule has 0 aliphatic rings. The fraction of sp³-hybridized carbons (Fsp3) is 0.167. The van der Waals surface area contributed by atoms with Gasteiger partial charge < -0.3 is 4.90 Å². The van der Waals surface area contributed by atoms with Crippen molar-refractivity contribution in [2.45, 2.75) is 0 Å². The number of aldehydes is 1. The lowest BCUT2D eigenvalue weighted by Crippen LogP contribution is -2.22. The summed E-state index contributed by atoms with van der Waals surface area (Å²) in [5.74, 6) is -0.141. The number of rotatable bonds is 2. The van der Waals surface area contributed by atoms with E-state index in [1.54, 1.807) is 37.6 Å². The molecule has 0 saturated heterocycles. The van der Waals surface area contributed by atoms with Gasteiger partial charge in [0.2, 0.25) is 0 Å². The molecule has 0 atom stereocenters. The largest absolute Gasteiger partial charge is 0.345 e. The van der Waals surface area contributed by atoms with Crippen LogP contribution in [0.4, 0.5) is 0 Å². The first-order chi connectivity index (χ1) is 7.63. The number of fused-ring (bicyclic) bond motifs is 1. The van der Waals surface area contributed by atoms with Crippen molar-refractivity contribution < 1.29 is 9.59 Å². The van der Waals surface area contributed by atoms with Crippen molar-refractivity contribution in [3.8, 4) is 0 Å². The van der Waals surface area contributed by atoms with Gasteiger partial charge in [-0.15, -0.1) is 11.3 Å². The monoisotopic (exact) mass is 233 g/mol. The number of nitrogens with zero attached hydrogens (tertiary/aromatic N) is 1. The average molecular weight is 233 g/mol. The van der Waals surface area contributed by atoms with E-state index in [1.165, 1.54) is 4.90 Å². The van der Waals surface area contributed by atoms with E-state index in [0.717, 1.165) is 16.4 Å². The van der Waals surface area contributed by atoms with Crippen molar-refractivity contribution in [2.75, 3.05) is 14.1 Å². The van der Waals surface area contributed by atoms with Gasteiger partial charge in [-0.2, -0.15) is 0 Å². The van der Waals surface area contributed by atoms with Crippen LogP contribution in [0.5, 0.6) is 0 Å². The third-order valence-electron chi connectivity index (χ3n) is 2.39. The summed E-state index contributed by atoms with van der Waals surface area (Å²) in [6.07, 6.45) is 0.730. The van der Waals surface area contributed by atoms with Gasteiger partial charge in [-0.1, -0.05) is 0 Å². The smallest absolute Gasteiger partial charge is 0.254 e. The molecule has 0 aliphatic carbocycles. The molecular formula is C12H11NO2S. The van der Waals surface area contributed by atoms with Crippen molar-refractivity contribution in [3.05, 3.63) is 34.7 Å². The minimum atomic E-state index is -0.141. The van der Waals surface area contributed by atoms with E-state index in [2.05, 4.69) is 0 Å². The van der Waals surface area contributed by atoms with Crippen molar-refractivity contribution in [2.24, 2.45) is 0 Å². The van der Waals surface area contributed by atoms with Gasteiger partial charge in [-0.25, -0.2) is 0 Å². The number of hydrogen-bond acceptors (Lipinski definition) is 3. The lowest BCUT2D eigenvalue weighted by atomic mass is 10.1. The molecule has 0 bridgehead atoms. The van der Waals surface area contributed by atoms with Gasteiger partial charge in [0, 0.05) is 24.4 Å². The van der Waals surface area contributed by atoms with Gasteiger partial charge in [0.05, 0.1) is 5.56 Å². The van der Waals surface area contributed by atoms with E-state index in [4.69, 9.17) is 0 Å². The van der Waals surface area contributed by atoms with Crippen molar-refractivity contribution in [1.82, 2.24) is 4.90 Å². The molecule has 16 heavy (non-hydrogen) atoms. The highest BCUT2D eigenvalue weighted by molar-refractivity contribution is 7.17. The summed E-state index contributed by atoms with van der Waals surface area (Å²) in [4.78, 5) is 24.3. The second-order valence-electron chi connectivity index (χ2n) is 3.72. The molecule has 3 nitrogen and oxygen atoms in total. The Kier molecular flexibility index (Phi) is 2.75. The fourth-order valence-corrected chi connectivity index (χ4v) is 2.36. The molecule has 0 radical (unpaired) electrons. The molecule has 0 aliphatic heterocycles. The molecule has 1 heterocycles. The normalized spacial score (nSPS) is 10.4. The molecular weight excluding hydrogens is 222 g/mol. The van der Waals surface area contributed by atoms with Gasteiger partial charge in [-0.3, -0.25) is 9.59 Å². The zero-order valence-corrected chi connectivity index (χ0v) is 9.88. The lowest BCUT2D eigenvalue weighted by molar-refractivity contribution is 0.0824. The topological polar surface area (TPSA) is 37.4 Å². The number of thiophene rings is 1. The first kappa shape index (κ1) is 10.8. The van der Waals surface area contributed by atoms with E-state index in [9.17, 15) is 9.59 Å². The SMILES string of the molecule is CN(C)C(=O)c1cc2sccc2cc1C=O. The fourth-order valence-electron chi connectivity index (χ4n) is 1.55. The Morgan fingerprint density at radius 3 is 2.75 bits per heavy atom. The van der Waals surface area contributed by atoms with E-state index < -0.39 is 0 Å². The van der Waals surface area contributed by atoms with Crippen molar-refractivity contribution >= 4 is 33.6 Å². The van der Waals surface area contributed by atoms with Gasteiger partial charge in [-0.05, 0) is 29.0 Å². The van der Waals surface area contributed by atoms with E-state index in [1.807, 2.05) is 11.4 Å².